The first-order chi connectivity index (χ1) is 10.6. The van der Waals surface area contributed by atoms with Crippen LogP contribution < -0.4 is 10.2 Å². The quantitative estimate of drug-likeness (QED) is 0.941. The van der Waals surface area contributed by atoms with E-state index in [0.717, 1.165) is 42.6 Å². The first-order valence-electron chi connectivity index (χ1n) is 7.41. The van der Waals surface area contributed by atoms with Crippen LogP contribution in [0.2, 0.25) is 0 Å². The van der Waals surface area contributed by atoms with Gasteiger partial charge in [0.15, 0.2) is 0 Å². The van der Waals surface area contributed by atoms with Gasteiger partial charge < -0.3 is 10.2 Å². The van der Waals surface area contributed by atoms with Crippen LogP contribution in [0.4, 0.5) is 10.9 Å². The average molecular weight is 317 g/mol. The van der Waals surface area contributed by atoms with E-state index in [0.29, 0.717) is 5.82 Å². The van der Waals surface area contributed by atoms with Crippen molar-refractivity contribution in [3.63, 3.8) is 0 Å². The van der Waals surface area contributed by atoms with Crippen LogP contribution in [0, 0.1) is 19.8 Å². The third-order valence-corrected chi connectivity index (χ3v) is 4.66. The average Bonchev–Trinajstić information content (AvgIpc) is 2.94. The number of carbonyl (C=O) groups excluding carboxylic acids is 1. The Morgan fingerprint density at radius 3 is 2.68 bits per heavy atom. The van der Waals surface area contributed by atoms with Gasteiger partial charge in [-0.2, -0.15) is 4.37 Å². The molecule has 1 aliphatic rings. The highest BCUT2D eigenvalue weighted by molar-refractivity contribution is 7.09. The van der Waals surface area contributed by atoms with Crippen LogP contribution in [0.3, 0.4) is 0 Å². The molecule has 7 heteroatoms. The van der Waals surface area contributed by atoms with E-state index in [1.54, 1.807) is 0 Å². The zero-order valence-corrected chi connectivity index (χ0v) is 13.6. The molecule has 0 aliphatic carbocycles. The van der Waals surface area contributed by atoms with Crippen molar-refractivity contribution in [3.8, 4) is 0 Å². The van der Waals surface area contributed by atoms with Gasteiger partial charge in [0.25, 0.3) is 0 Å². The number of nitrogens with one attached hydrogen (secondary N) is 1. The zero-order chi connectivity index (χ0) is 15.5. The molecule has 22 heavy (non-hydrogen) atoms. The summed E-state index contributed by atoms with van der Waals surface area (Å²) in [6, 6.07) is 5.64. The van der Waals surface area contributed by atoms with Gasteiger partial charge in [-0.05, 0) is 38.8 Å². The zero-order valence-electron chi connectivity index (χ0n) is 12.7. The topological polar surface area (TPSA) is 71.0 Å². The highest BCUT2D eigenvalue weighted by Crippen LogP contribution is 2.25. The first kappa shape index (κ1) is 14.9. The predicted molar refractivity (Wildman–Crippen MR) is 87.2 cm³/mol. The summed E-state index contributed by atoms with van der Waals surface area (Å²) < 4.78 is 4.21. The van der Waals surface area contributed by atoms with E-state index in [-0.39, 0.29) is 11.8 Å². The summed E-state index contributed by atoms with van der Waals surface area (Å²) in [4.78, 5) is 23.3. The molecule has 2 aromatic heterocycles. The molecule has 1 fully saturated rings. The fourth-order valence-electron chi connectivity index (χ4n) is 2.59. The number of pyridine rings is 1. The fourth-order valence-corrected chi connectivity index (χ4v) is 3.31. The van der Waals surface area contributed by atoms with Crippen molar-refractivity contribution in [2.45, 2.75) is 26.7 Å². The smallest absolute Gasteiger partial charge is 0.228 e. The molecule has 2 aromatic rings. The molecule has 0 spiro atoms. The number of rotatable bonds is 3. The maximum atomic E-state index is 12.3. The number of carbonyl (C=O) groups is 1. The number of anilines is 2. The Morgan fingerprint density at radius 1 is 1.27 bits per heavy atom. The Kier molecular flexibility index (Phi) is 4.33. The summed E-state index contributed by atoms with van der Waals surface area (Å²) in [6.07, 6.45) is 1.66. The highest BCUT2D eigenvalue weighted by Gasteiger charge is 2.26. The van der Waals surface area contributed by atoms with Crippen molar-refractivity contribution in [2.75, 3.05) is 23.3 Å². The second-order valence-electron chi connectivity index (χ2n) is 5.54. The lowest BCUT2D eigenvalue weighted by Crippen LogP contribution is -2.38. The highest BCUT2D eigenvalue weighted by atomic mass is 32.1. The van der Waals surface area contributed by atoms with E-state index in [2.05, 4.69) is 24.6 Å². The van der Waals surface area contributed by atoms with Crippen LogP contribution in [0.5, 0.6) is 0 Å². The van der Waals surface area contributed by atoms with E-state index >= 15 is 0 Å². The third-order valence-electron chi connectivity index (χ3n) is 3.79. The van der Waals surface area contributed by atoms with Gasteiger partial charge >= 0.3 is 0 Å². The summed E-state index contributed by atoms with van der Waals surface area (Å²) >= 11 is 1.42. The Bertz CT molecular complexity index is 663. The van der Waals surface area contributed by atoms with Gasteiger partial charge in [-0.25, -0.2) is 9.97 Å². The summed E-state index contributed by atoms with van der Waals surface area (Å²) in [6.45, 7) is 5.50. The summed E-state index contributed by atoms with van der Waals surface area (Å²) in [7, 11) is 0. The maximum Gasteiger partial charge on any atom is 0.228 e. The number of aryl methyl sites for hydroxylation is 2. The Balaban J connectivity index is 1.55. The van der Waals surface area contributed by atoms with Crippen molar-refractivity contribution in [1.29, 1.82) is 0 Å². The SMILES string of the molecule is Cc1cccc(NC(=O)C2CCN(c3nc(C)ns3)CC2)n1. The Hall–Kier alpha value is -2.02. The third kappa shape index (κ3) is 3.41. The van der Waals surface area contributed by atoms with Crippen molar-refractivity contribution < 1.29 is 4.79 Å². The van der Waals surface area contributed by atoms with Crippen molar-refractivity contribution >= 4 is 28.4 Å². The monoisotopic (exact) mass is 317 g/mol. The second kappa shape index (κ2) is 6.39. The van der Waals surface area contributed by atoms with Gasteiger partial charge in [0, 0.05) is 36.2 Å². The van der Waals surface area contributed by atoms with Crippen molar-refractivity contribution in [3.05, 3.63) is 29.7 Å². The number of hydrogen-bond donors (Lipinski definition) is 1. The summed E-state index contributed by atoms with van der Waals surface area (Å²) in [5.41, 5.74) is 0.902. The molecular formula is C15H19N5OS. The normalized spacial score (nSPS) is 15.8. The van der Waals surface area contributed by atoms with Gasteiger partial charge in [0.05, 0.1) is 0 Å². The standard InChI is InChI=1S/C15H19N5OS/c1-10-4-3-5-13(16-10)18-14(21)12-6-8-20(9-7-12)15-17-11(2)19-22-15/h3-5,12H,6-9H2,1-2H3,(H,16,18,21). The fraction of sp³-hybridized carbons (Fsp3) is 0.467. The van der Waals surface area contributed by atoms with Gasteiger partial charge in [0.1, 0.15) is 11.6 Å². The van der Waals surface area contributed by atoms with Gasteiger partial charge in [-0.1, -0.05) is 6.07 Å². The van der Waals surface area contributed by atoms with Crippen molar-refractivity contribution in [2.24, 2.45) is 5.92 Å². The van der Waals surface area contributed by atoms with Crippen LogP contribution >= 0.6 is 11.5 Å². The molecule has 0 unspecified atom stereocenters. The Morgan fingerprint density at radius 2 is 2.05 bits per heavy atom. The van der Waals surface area contributed by atoms with E-state index in [1.165, 1.54) is 11.5 Å². The van der Waals surface area contributed by atoms with Crippen LogP contribution in [0.1, 0.15) is 24.4 Å². The molecule has 3 rings (SSSR count). The molecule has 0 aromatic carbocycles. The van der Waals surface area contributed by atoms with Crippen LogP contribution in [0.25, 0.3) is 0 Å². The van der Waals surface area contributed by atoms with E-state index in [1.807, 2.05) is 32.0 Å². The minimum atomic E-state index is 0.0348. The predicted octanol–water partition coefficient (Wildman–Crippen LogP) is 2.41. The second-order valence-corrected chi connectivity index (χ2v) is 6.27. The lowest BCUT2D eigenvalue weighted by Gasteiger charge is -2.30. The van der Waals surface area contributed by atoms with Crippen LogP contribution in [-0.4, -0.2) is 33.3 Å². The number of piperidine rings is 1. The molecule has 0 atom stereocenters. The number of aromatic nitrogens is 3. The van der Waals surface area contributed by atoms with Gasteiger partial charge in [0.2, 0.25) is 11.0 Å². The molecular weight excluding hydrogens is 298 g/mol. The lowest BCUT2D eigenvalue weighted by molar-refractivity contribution is -0.120. The minimum absolute atomic E-state index is 0.0348. The number of nitrogens with zero attached hydrogens (tertiary/aromatic N) is 4. The maximum absolute atomic E-state index is 12.3. The van der Waals surface area contributed by atoms with Gasteiger partial charge in [-0.15, -0.1) is 0 Å². The van der Waals surface area contributed by atoms with Crippen LogP contribution in [0.15, 0.2) is 18.2 Å². The molecule has 1 amide bonds. The van der Waals surface area contributed by atoms with Crippen molar-refractivity contribution in [1.82, 2.24) is 14.3 Å². The number of hydrogen-bond acceptors (Lipinski definition) is 6. The molecule has 1 N–H and O–H groups in total. The number of amides is 1. The first-order valence-corrected chi connectivity index (χ1v) is 8.19. The van der Waals surface area contributed by atoms with Crippen LogP contribution in [-0.2, 0) is 4.79 Å². The molecule has 0 bridgehead atoms. The summed E-state index contributed by atoms with van der Waals surface area (Å²) in [5.74, 6) is 1.54. The van der Waals surface area contributed by atoms with E-state index in [4.69, 9.17) is 0 Å². The Labute approximate surface area is 133 Å². The molecule has 6 nitrogen and oxygen atoms in total. The lowest BCUT2D eigenvalue weighted by atomic mass is 9.96. The molecule has 3 heterocycles. The molecule has 0 saturated carbocycles. The van der Waals surface area contributed by atoms with E-state index in [9.17, 15) is 4.79 Å². The van der Waals surface area contributed by atoms with E-state index < -0.39 is 0 Å². The minimum Gasteiger partial charge on any atom is -0.347 e. The molecule has 1 saturated heterocycles. The molecule has 116 valence electrons. The largest absolute Gasteiger partial charge is 0.347 e. The molecule has 0 radical (unpaired) electrons. The molecule has 1 aliphatic heterocycles. The van der Waals surface area contributed by atoms with Gasteiger partial charge in [-0.3, -0.25) is 4.79 Å². The summed E-state index contributed by atoms with van der Waals surface area (Å²) in [5, 5.41) is 3.87.